The number of ketones is 1. The van der Waals surface area contributed by atoms with E-state index < -0.39 is 17.6 Å². The highest BCUT2D eigenvalue weighted by Gasteiger charge is 2.26. The first-order valence-electron chi connectivity index (χ1n) is 7.91. The van der Waals surface area contributed by atoms with E-state index in [1.54, 1.807) is 12.1 Å². The first-order chi connectivity index (χ1) is 11.5. The van der Waals surface area contributed by atoms with Gasteiger partial charge in [-0.15, -0.1) is 0 Å². The summed E-state index contributed by atoms with van der Waals surface area (Å²) in [7, 11) is 0. The van der Waals surface area contributed by atoms with Crippen LogP contribution in [0.4, 0.5) is 5.69 Å². The van der Waals surface area contributed by atoms with Crippen molar-refractivity contribution in [1.82, 2.24) is 0 Å². The number of aryl methyl sites for hydroxylation is 2. The largest absolute Gasteiger partial charge is 0.325 e. The molecule has 2 aromatic rings. The van der Waals surface area contributed by atoms with Gasteiger partial charge in [-0.25, -0.2) is 0 Å². The van der Waals surface area contributed by atoms with Crippen molar-refractivity contribution >= 4 is 17.4 Å². The highest BCUT2D eigenvalue weighted by Crippen LogP contribution is 2.14. The molecule has 1 atom stereocenters. The number of nitrogens with zero attached hydrogens (tertiary/aromatic N) is 1. The van der Waals surface area contributed by atoms with Gasteiger partial charge >= 0.3 is 0 Å². The molecule has 0 aliphatic heterocycles. The van der Waals surface area contributed by atoms with Crippen molar-refractivity contribution in [1.29, 1.82) is 5.26 Å². The number of anilines is 1. The number of Topliss-reactive ketones (excluding diaryl/α,β-unsaturated/α-hetero) is 1. The van der Waals surface area contributed by atoms with E-state index in [0.717, 1.165) is 23.1 Å². The van der Waals surface area contributed by atoms with Gasteiger partial charge in [0.15, 0.2) is 11.7 Å². The maximum Gasteiger partial charge on any atom is 0.249 e. The quantitative estimate of drug-likeness (QED) is 0.829. The molecule has 0 spiro atoms. The third-order valence-electron chi connectivity index (χ3n) is 3.97. The number of hydrogen-bond acceptors (Lipinski definition) is 3. The zero-order chi connectivity index (χ0) is 17.5. The van der Waals surface area contributed by atoms with Gasteiger partial charge in [0.2, 0.25) is 5.91 Å². The third-order valence-corrected chi connectivity index (χ3v) is 3.97. The second kappa shape index (κ2) is 8.07. The Kier molecular flexibility index (Phi) is 5.86. The molecule has 0 radical (unpaired) electrons. The number of rotatable bonds is 6. The SMILES string of the molecule is CCc1ccc(NC(=O)[C@H](C#N)C(=O)Cc2ccccc2C)cc1. The fraction of sp³-hybridized carbons (Fsp3) is 0.250. The van der Waals surface area contributed by atoms with Gasteiger partial charge in [-0.1, -0.05) is 43.3 Å². The Hall–Kier alpha value is -2.93. The van der Waals surface area contributed by atoms with E-state index in [9.17, 15) is 14.9 Å². The normalized spacial score (nSPS) is 11.4. The molecule has 0 aliphatic carbocycles. The number of carbonyl (C=O) groups is 2. The van der Waals surface area contributed by atoms with E-state index >= 15 is 0 Å². The van der Waals surface area contributed by atoms with Gasteiger partial charge in [0.1, 0.15) is 0 Å². The Balaban J connectivity index is 2.06. The summed E-state index contributed by atoms with van der Waals surface area (Å²) in [4.78, 5) is 24.6. The van der Waals surface area contributed by atoms with E-state index in [4.69, 9.17) is 0 Å². The number of nitrogens with one attached hydrogen (secondary N) is 1. The van der Waals surface area contributed by atoms with Crippen LogP contribution in [0.2, 0.25) is 0 Å². The standard InChI is InChI=1S/C20H20N2O2/c1-3-15-8-10-17(11-9-15)22-20(24)18(13-21)19(23)12-16-7-5-4-6-14(16)2/h4-11,18H,3,12H2,1-2H3,(H,22,24)/t18-/m1/s1. The number of carbonyl (C=O) groups excluding carboxylic acids is 2. The van der Waals surface area contributed by atoms with Gasteiger partial charge in [0, 0.05) is 12.1 Å². The van der Waals surface area contributed by atoms with E-state index in [-0.39, 0.29) is 6.42 Å². The summed E-state index contributed by atoms with van der Waals surface area (Å²) >= 11 is 0. The van der Waals surface area contributed by atoms with Crippen LogP contribution in [0.15, 0.2) is 48.5 Å². The first kappa shape index (κ1) is 17.4. The average molecular weight is 320 g/mol. The molecule has 0 fully saturated rings. The lowest BCUT2D eigenvalue weighted by atomic mass is 9.96. The van der Waals surface area contributed by atoms with Gasteiger partial charge in [-0.2, -0.15) is 5.26 Å². The molecule has 1 N–H and O–H groups in total. The van der Waals surface area contributed by atoms with Crippen molar-refractivity contribution in [2.45, 2.75) is 26.7 Å². The van der Waals surface area contributed by atoms with Crippen LogP contribution in [0.25, 0.3) is 0 Å². The topological polar surface area (TPSA) is 70.0 Å². The van der Waals surface area contributed by atoms with Crippen LogP contribution < -0.4 is 5.32 Å². The zero-order valence-corrected chi connectivity index (χ0v) is 13.9. The average Bonchev–Trinajstić information content (AvgIpc) is 2.58. The predicted octanol–water partition coefficient (Wildman–Crippen LogP) is 3.45. The fourth-order valence-electron chi connectivity index (χ4n) is 2.41. The zero-order valence-electron chi connectivity index (χ0n) is 13.9. The summed E-state index contributed by atoms with van der Waals surface area (Å²) in [6.07, 6.45) is 0.983. The molecule has 0 bridgehead atoms. The summed E-state index contributed by atoms with van der Waals surface area (Å²) in [6.45, 7) is 3.95. The summed E-state index contributed by atoms with van der Waals surface area (Å²) in [5, 5.41) is 11.9. The van der Waals surface area contributed by atoms with Crippen molar-refractivity contribution in [3.8, 4) is 6.07 Å². The number of amides is 1. The molecule has 0 aliphatic rings. The lowest BCUT2D eigenvalue weighted by molar-refractivity contribution is -0.128. The van der Waals surface area contributed by atoms with Crippen LogP contribution in [0.1, 0.15) is 23.6 Å². The van der Waals surface area contributed by atoms with Gasteiger partial charge in [0.05, 0.1) is 6.07 Å². The molecular formula is C20H20N2O2. The number of benzene rings is 2. The van der Waals surface area contributed by atoms with E-state index in [1.807, 2.05) is 56.3 Å². The highest BCUT2D eigenvalue weighted by atomic mass is 16.2. The fourth-order valence-corrected chi connectivity index (χ4v) is 2.41. The van der Waals surface area contributed by atoms with Crippen LogP contribution in [-0.2, 0) is 22.4 Å². The minimum atomic E-state index is -1.31. The molecule has 24 heavy (non-hydrogen) atoms. The molecule has 2 aromatic carbocycles. The molecule has 2 rings (SSSR count). The van der Waals surface area contributed by atoms with Gasteiger partial charge < -0.3 is 5.32 Å². The molecule has 122 valence electrons. The number of hydrogen-bond donors (Lipinski definition) is 1. The molecule has 4 heteroatoms. The molecule has 0 saturated heterocycles. The van der Waals surface area contributed by atoms with Crippen LogP contribution in [-0.4, -0.2) is 11.7 Å². The van der Waals surface area contributed by atoms with E-state index in [1.165, 1.54) is 0 Å². The summed E-state index contributed by atoms with van der Waals surface area (Å²) in [5.41, 5.74) is 3.54. The molecule has 0 unspecified atom stereocenters. The maximum absolute atomic E-state index is 12.3. The van der Waals surface area contributed by atoms with Crippen LogP contribution >= 0.6 is 0 Å². The lowest BCUT2D eigenvalue weighted by Crippen LogP contribution is -2.29. The van der Waals surface area contributed by atoms with Crippen molar-refractivity contribution in [2.24, 2.45) is 5.92 Å². The van der Waals surface area contributed by atoms with Crippen LogP contribution in [0.5, 0.6) is 0 Å². The Morgan fingerprint density at radius 3 is 2.38 bits per heavy atom. The van der Waals surface area contributed by atoms with Crippen molar-refractivity contribution in [3.05, 3.63) is 65.2 Å². The molecule has 0 heterocycles. The van der Waals surface area contributed by atoms with Crippen LogP contribution in [0.3, 0.4) is 0 Å². The monoisotopic (exact) mass is 320 g/mol. The predicted molar refractivity (Wildman–Crippen MR) is 93.4 cm³/mol. The smallest absolute Gasteiger partial charge is 0.249 e. The van der Waals surface area contributed by atoms with Crippen LogP contribution in [0, 0.1) is 24.2 Å². The summed E-state index contributed by atoms with van der Waals surface area (Å²) < 4.78 is 0. The minimum Gasteiger partial charge on any atom is -0.325 e. The minimum absolute atomic E-state index is 0.0765. The van der Waals surface area contributed by atoms with E-state index in [2.05, 4.69) is 5.32 Å². The Morgan fingerprint density at radius 1 is 1.12 bits per heavy atom. The van der Waals surface area contributed by atoms with E-state index in [0.29, 0.717) is 5.69 Å². The maximum atomic E-state index is 12.3. The van der Waals surface area contributed by atoms with Gasteiger partial charge in [0.25, 0.3) is 0 Å². The Morgan fingerprint density at radius 2 is 1.79 bits per heavy atom. The first-order valence-corrected chi connectivity index (χ1v) is 7.91. The molecule has 0 aromatic heterocycles. The van der Waals surface area contributed by atoms with Gasteiger partial charge in [-0.05, 0) is 42.2 Å². The highest BCUT2D eigenvalue weighted by molar-refractivity contribution is 6.09. The van der Waals surface area contributed by atoms with Crippen molar-refractivity contribution in [3.63, 3.8) is 0 Å². The molecule has 1 amide bonds. The summed E-state index contributed by atoms with van der Waals surface area (Å²) in [5.74, 6) is -2.29. The van der Waals surface area contributed by atoms with Crippen molar-refractivity contribution < 1.29 is 9.59 Å². The lowest BCUT2D eigenvalue weighted by Gasteiger charge is -2.11. The molecule has 4 nitrogen and oxygen atoms in total. The second-order valence-corrected chi connectivity index (χ2v) is 5.67. The molecule has 0 saturated carbocycles. The molecular weight excluding hydrogens is 300 g/mol. The van der Waals surface area contributed by atoms with Gasteiger partial charge in [-0.3, -0.25) is 9.59 Å². The second-order valence-electron chi connectivity index (χ2n) is 5.67. The Bertz CT molecular complexity index is 773. The third kappa shape index (κ3) is 4.30. The summed E-state index contributed by atoms with van der Waals surface area (Å²) in [6, 6.07) is 16.7. The number of nitriles is 1. The Labute approximate surface area is 142 Å². The van der Waals surface area contributed by atoms with Crippen molar-refractivity contribution in [2.75, 3.05) is 5.32 Å².